The summed E-state index contributed by atoms with van der Waals surface area (Å²) >= 11 is 0. The zero-order chi connectivity index (χ0) is 28.4. The minimum absolute atomic E-state index is 0.903. The second-order valence-electron chi connectivity index (χ2n) is 7.37. The second-order valence-corrected chi connectivity index (χ2v) is 8.79. The van der Waals surface area contributed by atoms with Crippen molar-refractivity contribution in [3.05, 3.63) is 50.6 Å². The Morgan fingerprint density at radius 3 is 1.37 bits per heavy atom. The summed E-state index contributed by atoms with van der Waals surface area (Å²) < 4.78 is 155. The molecule has 15 heteroatoms. The third-order valence-electron chi connectivity index (χ3n) is 4.47. The number of quaternary nitrogens is 1. The molecule has 0 N–H and O–H groups in total. The maximum Gasteiger partial charge on any atom is 0.402 e. The molecule has 0 bridgehead atoms. The van der Waals surface area contributed by atoms with Gasteiger partial charge in [-0.1, -0.05) is 26.3 Å². The van der Waals surface area contributed by atoms with Crippen LogP contribution in [-0.4, -0.2) is 73.1 Å². The molecule has 0 saturated carbocycles. The highest BCUT2D eigenvalue weighted by Gasteiger charge is 2.77. The molecule has 0 aliphatic rings. The molecular formula is C20H27F10NO3S. The van der Waals surface area contributed by atoms with Crippen LogP contribution in [0.1, 0.15) is 19.3 Å². The van der Waals surface area contributed by atoms with Gasteiger partial charge in [-0.15, -0.1) is 0 Å². The van der Waals surface area contributed by atoms with Crippen molar-refractivity contribution in [2.45, 2.75) is 48.7 Å². The highest BCUT2D eigenvalue weighted by molar-refractivity contribution is 7.86. The molecule has 0 radical (unpaired) electrons. The normalized spacial score (nSPS) is 14.4. The SMILES string of the molecule is C=CC[N+](CC=C)(CC=C)CC=C.O=S(=O)([O-])C(F)(F)C(F)(F)C(F)(F)C(F)CCCC(F)(F)F. The van der Waals surface area contributed by atoms with Crippen LogP contribution in [0, 0.1) is 0 Å². The molecule has 0 saturated heterocycles. The summed E-state index contributed by atoms with van der Waals surface area (Å²) in [4.78, 5) is 0. The lowest BCUT2D eigenvalue weighted by molar-refractivity contribution is -0.906. The first-order chi connectivity index (χ1) is 15.6. The van der Waals surface area contributed by atoms with Gasteiger partial charge >= 0.3 is 23.3 Å². The van der Waals surface area contributed by atoms with Crippen LogP contribution in [0.25, 0.3) is 0 Å². The van der Waals surface area contributed by atoms with E-state index in [0.717, 1.165) is 30.7 Å². The van der Waals surface area contributed by atoms with Gasteiger partial charge in [0.1, 0.15) is 0 Å². The van der Waals surface area contributed by atoms with Crippen molar-refractivity contribution in [1.82, 2.24) is 0 Å². The predicted molar refractivity (Wildman–Crippen MR) is 110 cm³/mol. The fraction of sp³-hybridized carbons (Fsp3) is 0.600. The summed E-state index contributed by atoms with van der Waals surface area (Å²) in [6.45, 7) is 18.8. The standard InChI is InChI=1S/C12H20N.C8H8F10O3S/c1-5-9-13(10-6-2,11-7-3)12-8-4;9-4(2-1-3-5(10,11)12)6(13,14)7(15,16)8(17,18)22(19,20)21/h5-8H,1-4,9-12H2;4H,1-3H2,(H,19,20,21)/q+1;/p-1. The Kier molecular flexibility index (Phi) is 13.6. The lowest BCUT2D eigenvalue weighted by atomic mass is 10.0. The van der Waals surface area contributed by atoms with E-state index in [-0.39, 0.29) is 0 Å². The maximum absolute atomic E-state index is 13.0. The summed E-state index contributed by atoms with van der Waals surface area (Å²) in [6, 6.07) is 0. The van der Waals surface area contributed by atoms with Gasteiger partial charge < -0.3 is 9.04 Å². The Morgan fingerprint density at radius 1 is 0.771 bits per heavy atom. The molecule has 0 amide bonds. The number of rotatable bonds is 15. The molecule has 206 valence electrons. The van der Waals surface area contributed by atoms with Gasteiger partial charge in [0.25, 0.3) is 0 Å². The topological polar surface area (TPSA) is 57.2 Å². The number of nitrogens with zero attached hydrogens (tertiary/aromatic N) is 1. The van der Waals surface area contributed by atoms with Crippen molar-refractivity contribution in [2.24, 2.45) is 0 Å². The van der Waals surface area contributed by atoms with Gasteiger partial charge in [-0.3, -0.25) is 0 Å². The Labute approximate surface area is 197 Å². The molecular weight excluding hydrogens is 524 g/mol. The van der Waals surface area contributed by atoms with Crippen LogP contribution in [0.4, 0.5) is 43.9 Å². The van der Waals surface area contributed by atoms with E-state index in [4.69, 9.17) is 0 Å². The second kappa shape index (κ2) is 13.4. The van der Waals surface area contributed by atoms with Crippen LogP contribution in [0.5, 0.6) is 0 Å². The van der Waals surface area contributed by atoms with Crippen molar-refractivity contribution in [2.75, 3.05) is 26.2 Å². The zero-order valence-corrected chi connectivity index (χ0v) is 19.3. The molecule has 0 aliphatic carbocycles. The van der Waals surface area contributed by atoms with Crippen LogP contribution < -0.4 is 0 Å². The third-order valence-corrected chi connectivity index (χ3v) is 5.36. The summed E-state index contributed by atoms with van der Waals surface area (Å²) in [7, 11) is -7.28. The Hall–Kier alpha value is -1.87. The van der Waals surface area contributed by atoms with E-state index in [2.05, 4.69) is 26.3 Å². The highest BCUT2D eigenvalue weighted by Crippen LogP contribution is 2.51. The van der Waals surface area contributed by atoms with Crippen LogP contribution in [0.3, 0.4) is 0 Å². The lowest BCUT2D eigenvalue weighted by Crippen LogP contribution is -2.61. The third kappa shape index (κ3) is 9.95. The van der Waals surface area contributed by atoms with Gasteiger partial charge in [-0.05, 0) is 37.1 Å². The van der Waals surface area contributed by atoms with Crippen LogP contribution in [0.15, 0.2) is 50.6 Å². The number of hydrogen-bond acceptors (Lipinski definition) is 3. The first-order valence-corrected chi connectivity index (χ1v) is 11.1. The molecule has 0 spiro atoms. The molecule has 1 atom stereocenters. The molecule has 0 aromatic rings. The van der Waals surface area contributed by atoms with Crippen molar-refractivity contribution in [1.29, 1.82) is 0 Å². The molecule has 4 nitrogen and oxygen atoms in total. The van der Waals surface area contributed by atoms with Gasteiger partial charge in [0, 0.05) is 6.42 Å². The lowest BCUT2D eigenvalue weighted by Gasteiger charge is -2.35. The van der Waals surface area contributed by atoms with E-state index >= 15 is 0 Å². The number of halogens is 10. The molecule has 0 heterocycles. The maximum atomic E-state index is 13.0. The Balaban J connectivity index is 0. The van der Waals surface area contributed by atoms with Gasteiger partial charge in [0.05, 0.1) is 26.2 Å². The average molecular weight is 551 g/mol. The Bertz CT molecular complexity index is 765. The van der Waals surface area contributed by atoms with E-state index in [9.17, 15) is 56.9 Å². The fourth-order valence-corrected chi connectivity index (χ4v) is 3.20. The van der Waals surface area contributed by atoms with Gasteiger partial charge in [-0.2, -0.15) is 39.5 Å². The Morgan fingerprint density at radius 2 is 1.11 bits per heavy atom. The smallest absolute Gasteiger partial charge is 0.402 e. The minimum Gasteiger partial charge on any atom is -0.743 e. The van der Waals surface area contributed by atoms with Crippen molar-refractivity contribution < 1.29 is 61.4 Å². The summed E-state index contributed by atoms with van der Waals surface area (Å²) in [6.07, 6.45) is -6.59. The molecule has 1 unspecified atom stereocenters. The average Bonchev–Trinajstić information content (AvgIpc) is 2.67. The molecule has 0 aliphatic heterocycles. The van der Waals surface area contributed by atoms with Crippen molar-refractivity contribution in [3.63, 3.8) is 0 Å². The van der Waals surface area contributed by atoms with E-state index < -0.39 is 58.8 Å². The van der Waals surface area contributed by atoms with E-state index in [1.54, 1.807) is 0 Å². The number of alkyl halides is 10. The van der Waals surface area contributed by atoms with Crippen molar-refractivity contribution >= 4 is 10.1 Å². The summed E-state index contributed by atoms with van der Waals surface area (Å²) in [5.74, 6) is -13.3. The summed E-state index contributed by atoms with van der Waals surface area (Å²) in [5, 5.41) is -6.85. The minimum atomic E-state index is -7.28. The van der Waals surface area contributed by atoms with E-state index in [1.807, 2.05) is 24.3 Å². The monoisotopic (exact) mass is 551 g/mol. The quantitative estimate of drug-likeness (QED) is 0.108. The fourth-order valence-electron chi connectivity index (χ4n) is 2.75. The molecule has 0 aromatic heterocycles. The number of hydrogen-bond donors (Lipinski definition) is 0. The molecule has 0 fully saturated rings. The van der Waals surface area contributed by atoms with E-state index in [0.29, 0.717) is 0 Å². The van der Waals surface area contributed by atoms with Gasteiger partial charge in [0.2, 0.25) is 0 Å². The molecule has 0 rings (SSSR count). The van der Waals surface area contributed by atoms with Crippen LogP contribution in [0.2, 0.25) is 0 Å². The van der Waals surface area contributed by atoms with E-state index in [1.165, 1.54) is 0 Å². The van der Waals surface area contributed by atoms with Crippen LogP contribution >= 0.6 is 0 Å². The first-order valence-electron chi connectivity index (χ1n) is 9.70. The highest BCUT2D eigenvalue weighted by atomic mass is 32.2. The molecule has 0 aromatic carbocycles. The van der Waals surface area contributed by atoms with Gasteiger partial charge in [-0.25, -0.2) is 12.8 Å². The van der Waals surface area contributed by atoms with Gasteiger partial charge in [0.15, 0.2) is 16.3 Å². The van der Waals surface area contributed by atoms with Crippen LogP contribution in [-0.2, 0) is 10.1 Å². The molecule has 35 heavy (non-hydrogen) atoms. The predicted octanol–water partition coefficient (Wildman–Crippen LogP) is 6.01. The first kappa shape index (κ1) is 35.3. The zero-order valence-electron chi connectivity index (χ0n) is 18.5. The largest absolute Gasteiger partial charge is 0.743 e. The summed E-state index contributed by atoms with van der Waals surface area (Å²) in [5.41, 5.74) is 0. The van der Waals surface area contributed by atoms with Crippen molar-refractivity contribution in [3.8, 4) is 0 Å².